The summed E-state index contributed by atoms with van der Waals surface area (Å²) in [4.78, 5) is 23.4. The van der Waals surface area contributed by atoms with Crippen molar-refractivity contribution in [2.24, 2.45) is 0 Å². The fourth-order valence-corrected chi connectivity index (χ4v) is 1.85. The van der Waals surface area contributed by atoms with E-state index in [0.717, 1.165) is 0 Å². The molecule has 0 aliphatic rings. The molecule has 0 spiro atoms. The lowest BCUT2D eigenvalue weighted by molar-refractivity contribution is -0.384. The van der Waals surface area contributed by atoms with Gasteiger partial charge in [-0.15, -0.1) is 0 Å². The third kappa shape index (κ3) is 3.45. The van der Waals surface area contributed by atoms with Gasteiger partial charge >= 0.3 is 11.7 Å². The first-order valence-electron chi connectivity index (χ1n) is 6.04. The quantitative estimate of drug-likeness (QED) is 0.447. The summed E-state index contributed by atoms with van der Waals surface area (Å²) in [6.07, 6.45) is 0.123. The van der Waals surface area contributed by atoms with Crippen LogP contribution in [0.2, 0.25) is 0 Å². The smallest absolute Gasteiger partial charge is 0.310 e. The molecule has 0 saturated heterocycles. The van der Waals surface area contributed by atoms with Crippen molar-refractivity contribution in [1.82, 2.24) is 0 Å². The summed E-state index contributed by atoms with van der Waals surface area (Å²) >= 11 is 0. The highest BCUT2D eigenvalue weighted by molar-refractivity contribution is 5.72. The summed E-state index contributed by atoms with van der Waals surface area (Å²) in [5, 5.41) is 20.1. The van der Waals surface area contributed by atoms with E-state index in [1.807, 2.05) is 13.0 Å². The molecule has 0 radical (unpaired) electrons. The molecule has 1 rings (SSSR count). The van der Waals surface area contributed by atoms with Crippen molar-refractivity contribution < 1.29 is 14.5 Å². The number of carbonyl (C=O) groups is 1. The van der Waals surface area contributed by atoms with E-state index in [2.05, 4.69) is 4.74 Å². The van der Waals surface area contributed by atoms with Crippen LogP contribution in [0.1, 0.15) is 18.9 Å². The number of nitriles is 1. The van der Waals surface area contributed by atoms with Gasteiger partial charge in [0, 0.05) is 13.1 Å². The number of methoxy groups -OCH3 is 1. The topological polar surface area (TPSA) is 96.5 Å². The van der Waals surface area contributed by atoms with Crippen LogP contribution in [0.25, 0.3) is 0 Å². The van der Waals surface area contributed by atoms with Crippen molar-refractivity contribution in [2.45, 2.75) is 13.3 Å². The van der Waals surface area contributed by atoms with Gasteiger partial charge < -0.3 is 9.64 Å². The minimum atomic E-state index is -0.575. The summed E-state index contributed by atoms with van der Waals surface area (Å²) in [6.45, 7) is 2.59. The van der Waals surface area contributed by atoms with E-state index in [4.69, 9.17) is 5.26 Å². The van der Waals surface area contributed by atoms with E-state index in [0.29, 0.717) is 18.8 Å². The van der Waals surface area contributed by atoms with Gasteiger partial charge in [0.05, 0.1) is 18.5 Å². The SMILES string of the molecule is CCN(CCC(=O)OC)c1cccc(C#N)c1[N+](=O)[O-]. The molecule has 106 valence electrons. The molecule has 7 heteroatoms. The molecule has 0 bridgehead atoms. The molecule has 0 saturated carbocycles. The second-order valence-corrected chi connectivity index (χ2v) is 3.95. The number of rotatable bonds is 6. The van der Waals surface area contributed by atoms with E-state index in [-0.39, 0.29) is 23.6 Å². The second-order valence-electron chi connectivity index (χ2n) is 3.95. The van der Waals surface area contributed by atoms with Gasteiger partial charge in [-0.2, -0.15) is 5.26 Å². The molecule has 0 amide bonds. The Morgan fingerprint density at radius 1 is 1.55 bits per heavy atom. The van der Waals surface area contributed by atoms with Crippen molar-refractivity contribution in [3.8, 4) is 6.07 Å². The maximum atomic E-state index is 11.2. The van der Waals surface area contributed by atoms with Gasteiger partial charge in [0.2, 0.25) is 0 Å². The van der Waals surface area contributed by atoms with Gasteiger partial charge in [-0.25, -0.2) is 0 Å². The molecule has 1 aromatic rings. The number of benzene rings is 1. The zero-order chi connectivity index (χ0) is 15.1. The summed E-state index contributed by atoms with van der Waals surface area (Å²) < 4.78 is 4.55. The van der Waals surface area contributed by atoms with Gasteiger partial charge in [-0.3, -0.25) is 14.9 Å². The Hall–Kier alpha value is -2.62. The number of nitro benzene ring substituents is 1. The number of nitro groups is 1. The number of carbonyl (C=O) groups excluding carboxylic acids is 1. The van der Waals surface area contributed by atoms with Crippen LogP contribution in [0.4, 0.5) is 11.4 Å². The molecule has 0 aliphatic heterocycles. The number of esters is 1. The minimum Gasteiger partial charge on any atom is -0.469 e. The number of hydrogen-bond acceptors (Lipinski definition) is 6. The second kappa shape index (κ2) is 7.09. The minimum absolute atomic E-state index is 0.00372. The fraction of sp³-hybridized carbons (Fsp3) is 0.385. The monoisotopic (exact) mass is 277 g/mol. The summed E-state index contributed by atoms with van der Waals surface area (Å²) in [5.41, 5.74) is 0.103. The van der Waals surface area contributed by atoms with E-state index in [1.54, 1.807) is 17.0 Å². The molecule has 0 aromatic heterocycles. The molecule has 0 heterocycles. The van der Waals surface area contributed by atoms with Crippen molar-refractivity contribution >= 4 is 17.3 Å². The van der Waals surface area contributed by atoms with Crippen LogP contribution in [0.3, 0.4) is 0 Å². The highest BCUT2D eigenvalue weighted by Crippen LogP contribution is 2.31. The van der Waals surface area contributed by atoms with Crippen LogP contribution in [0.15, 0.2) is 18.2 Å². The molecule has 0 atom stereocenters. The number of nitrogens with zero attached hydrogens (tertiary/aromatic N) is 3. The number of hydrogen-bond donors (Lipinski definition) is 0. The normalized spacial score (nSPS) is 9.65. The van der Waals surface area contributed by atoms with Crippen molar-refractivity contribution in [1.29, 1.82) is 5.26 Å². The molecule has 0 aliphatic carbocycles. The maximum Gasteiger partial charge on any atom is 0.310 e. The number of para-hydroxylation sites is 1. The first-order valence-corrected chi connectivity index (χ1v) is 6.04. The van der Waals surface area contributed by atoms with Crippen molar-refractivity contribution in [2.75, 3.05) is 25.1 Å². The predicted octanol–water partition coefficient (Wildman–Crippen LogP) is 1.86. The van der Waals surface area contributed by atoms with Gasteiger partial charge in [-0.1, -0.05) is 6.07 Å². The Kier molecular flexibility index (Phi) is 5.47. The van der Waals surface area contributed by atoms with Gasteiger partial charge in [-0.05, 0) is 19.1 Å². The maximum absolute atomic E-state index is 11.2. The van der Waals surface area contributed by atoms with Gasteiger partial charge in [0.25, 0.3) is 0 Å². The van der Waals surface area contributed by atoms with E-state index in [9.17, 15) is 14.9 Å². The Morgan fingerprint density at radius 3 is 2.75 bits per heavy atom. The molecule has 20 heavy (non-hydrogen) atoms. The molecule has 0 unspecified atom stereocenters. The molecule has 0 fully saturated rings. The Balaban J connectivity index is 3.12. The van der Waals surface area contributed by atoms with Gasteiger partial charge in [0.1, 0.15) is 17.3 Å². The lowest BCUT2D eigenvalue weighted by Gasteiger charge is -2.22. The van der Waals surface area contributed by atoms with Crippen LogP contribution >= 0.6 is 0 Å². The van der Waals surface area contributed by atoms with Crippen LogP contribution < -0.4 is 4.90 Å². The Labute approximate surface area is 116 Å². The lowest BCUT2D eigenvalue weighted by Crippen LogP contribution is -2.27. The van der Waals surface area contributed by atoms with Crippen LogP contribution in [0.5, 0.6) is 0 Å². The first kappa shape index (κ1) is 15.4. The number of anilines is 1. The van der Waals surface area contributed by atoms with E-state index >= 15 is 0 Å². The zero-order valence-electron chi connectivity index (χ0n) is 11.3. The summed E-state index contributed by atoms with van der Waals surface area (Å²) in [5.74, 6) is -0.387. The summed E-state index contributed by atoms with van der Waals surface area (Å²) in [7, 11) is 1.29. The average molecular weight is 277 g/mol. The van der Waals surface area contributed by atoms with Crippen LogP contribution in [-0.4, -0.2) is 31.1 Å². The van der Waals surface area contributed by atoms with E-state index in [1.165, 1.54) is 13.2 Å². The largest absolute Gasteiger partial charge is 0.469 e. The molecule has 7 nitrogen and oxygen atoms in total. The lowest BCUT2D eigenvalue weighted by atomic mass is 10.1. The highest BCUT2D eigenvalue weighted by atomic mass is 16.6. The van der Waals surface area contributed by atoms with Crippen molar-refractivity contribution in [3.05, 3.63) is 33.9 Å². The summed E-state index contributed by atoms with van der Waals surface area (Å²) in [6, 6.07) is 6.37. The Bertz CT molecular complexity index is 551. The predicted molar refractivity (Wildman–Crippen MR) is 72.3 cm³/mol. The van der Waals surface area contributed by atoms with Gasteiger partial charge in [0.15, 0.2) is 0 Å². The fourth-order valence-electron chi connectivity index (χ4n) is 1.85. The molecule has 1 aromatic carbocycles. The van der Waals surface area contributed by atoms with E-state index < -0.39 is 4.92 Å². The number of ether oxygens (including phenoxy) is 1. The molecular formula is C13H15N3O4. The highest BCUT2D eigenvalue weighted by Gasteiger charge is 2.23. The third-order valence-corrected chi connectivity index (χ3v) is 2.85. The zero-order valence-corrected chi connectivity index (χ0v) is 11.3. The van der Waals surface area contributed by atoms with Crippen LogP contribution in [-0.2, 0) is 9.53 Å². The third-order valence-electron chi connectivity index (χ3n) is 2.85. The standard InChI is InChI=1S/C13H15N3O4/c1-3-15(8-7-12(17)20-2)11-6-4-5-10(9-14)13(11)16(18)19/h4-6H,3,7-8H2,1-2H3. The van der Waals surface area contributed by atoms with Crippen molar-refractivity contribution in [3.63, 3.8) is 0 Å². The Morgan fingerprint density at radius 2 is 2.25 bits per heavy atom. The molecular weight excluding hydrogens is 262 g/mol. The first-order chi connectivity index (χ1) is 9.54. The molecule has 0 N–H and O–H groups in total. The average Bonchev–Trinajstić information content (AvgIpc) is 2.46. The van der Waals surface area contributed by atoms with Crippen LogP contribution in [0, 0.1) is 21.4 Å².